The number of hydrogen-bond donors (Lipinski definition) is 2. The van der Waals surface area contributed by atoms with Crippen molar-refractivity contribution in [3.8, 4) is 0 Å². The van der Waals surface area contributed by atoms with Gasteiger partial charge in [0.25, 0.3) is 0 Å². The van der Waals surface area contributed by atoms with Gasteiger partial charge in [0.05, 0.1) is 0 Å². The number of piperazine rings is 1. The van der Waals surface area contributed by atoms with Gasteiger partial charge in [-0.05, 0) is 13.3 Å². The zero-order chi connectivity index (χ0) is 6.69. The first-order valence-corrected chi connectivity index (χ1v) is 3.79. The minimum atomic E-state index is 0.656. The van der Waals surface area contributed by atoms with Crippen molar-refractivity contribution >= 4 is 0 Å². The van der Waals surface area contributed by atoms with Crippen LogP contribution in [-0.2, 0) is 0 Å². The van der Waals surface area contributed by atoms with Gasteiger partial charge in [-0.2, -0.15) is 0 Å². The van der Waals surface area contributed by atoms with E-state index in [1.807, 2.05) is 0 Å². The largest absolute Gasteiger partial charge is 0.314 e. The van der Waals surface area contributed by atoms with Crippen molar-refractivity contribution in [2.75, 3.05) is 13.1 Å². The first kappa shape index (κ1) is 7.03. The summed E-state index contributed by atoms with van der Waals surface area (Å²) in [6.07, 6.45) is 1.23. The maximum absolute atomic E-state index is 3.50. The van der Waals surface area contributed by atoms with Crippen LogP contribution >= 0.6 is 0 Å². The summed E-state index contributed by atoms with van der Waals surface area (Å²) in [5, 5.41) is 6.88. The zero-order valence-electron chi connectivity index (χ0n) is 6.28. The molecule has 0 aromatic heterocycles. The van der Waals surface area contributed by atoms with Crippen LogP contribution in [0, 0.1) is 0 Å². The highest BCUT2D eigenvalue weighted by molar-refractivity contribution is 4.79. The Kier molecular flexibility index (Phi) is 2.49. The summed E-state index contributed by atoms with van der Waals surface area (Å²) < 4.78 is 0. The molecule has 2 nitrogen and oxygen atoms in total. The summed E-state index contributed by atoms with van der Waals surface area (Å²) in [4.78, 5) is 0. The Balaban J connectivity index is 2.23. The van der Waals surface area contributed by atoms with Crippen LogP contribution in [0.15, 0.2) is 0 Å². The van der Waals surface area contributed by atoms with Crippen LogP contribution in [0.25, 0.3) is 0 Å². The number of rotatable bonds is 1. The second-order valence-corrected chi connectivity index (χ2v) is 2.83. The van der Waals surface area contributed by atoms with E-state index in [0.717, 1.165) is 13.1 Å². The fourth-order valence-corrected chi connectivity index (χ4v) is 1.26. The number of hydrogen-bond acceptors (Lipinski definition) is 2. The molecule has 1 fully saturated rings. The van der Waals surface area contributed by atoms with Crippen molar-refractivity contribution < 1.29 is 0 Å². The molecule has 0 saturated carbocycles. The topological polar surface area (TPSA) is 24.1 Å². The minimum absolute atomic E-state index is 0.656. The van der Waals surface area contributed by atoms with Gasteiger partial charge < -0.3 is 10.6 Å². The lowest BCUT2D eigenvalue weighted by Gasteiger charge is -2.28. The summed E-state index contributed by atoms with van der Waals surface area (Å²) in [5.74, 6) is 0. The fourth-order valence-electron chi connectivity index (χ4n) is 1.26. The van der Waals surface area contributed by atoms with Crippen molar-refractivity contribution in [1.29, 1.82) is 0 Å². The third-order valence-corrected chi connectivity index (χ3v) is 1.85. The Morgan fingerprint density at radius 3 is 2.67 bits per heavy atom. The molecular formula is C7H16N2. The standard InChI is InChI=1S/C7H16N2/c1-3-7-5-8-4-6(2)9-7/h6-9H,3-5H2,1-2H3. The summed E-state index contributed by atoms with van der Waals surface area (Å²) in [6.45, 7) is 6.70. The van der Waals surface area contributed by atoms with Crippen LogP contribution in [0.1, 0.15) is 20.3 Å². The van der Waals surface area contributed by atoms with E-state index >= 15 is 0 Å². The third kappa shape index (κ3) is 1.95. The van der Waals surface area contributed by atoms with Gasteiger partial charge in [0.15, 0.2) is 0 Å². The minimum Gasteiger partial charge on any atom is -0.314 e. The monoisotopic (exact) mass is 128 g/mol. The van der Waals surface area contributed by atoms with Gasteiger partial charge in [-0.3, -0.25) is 0 Å². The summed E-state index contributed by atoms with van der Waals surface area (Å²) >= 11 is 0. The third-order valence-electron chi connectivity index (χ3n) is 1.85. The summed E-state index contributed by atoms with van der Waals surface area (Å²) in [5.41, 5.74) is 0. The van der Waals surface area contributed by atoms with Gasteiger partial charge in [-0.1, -0.05) is 6.92 Å². The highest BCUT2D eigenvalue weighted by atomic mass is 15.1. The van der Waals surface area contributed by atoms with Crippen molar-refractivity contribution in [2.45, 2.75) is 32.4 Å². The average Bonchev–Trinajstić information content (AvgIpc) is 1.88. The van der Waals surface area contributed by atoms with E-state index < -0.39 is 0 Å². The van der Waals surface area contributed by atoms with E-state index in [0.29, 0.717) is 12.1 Å². The van der Waals surface area contributed by atoms with Crippen molar-refractivity contribution in [3.05, 3.63) is 0 Å². The summed E-state index contributed by atoms with van der Waals surface area (Å²) in [7, 11) is 0. The first-order valence-electron chi connectivity index (χ1n) is 3.79. The van der Waals surface area contributed by atoms with Crippen LogP contribution in [-0.4, -0.2) is 25.2 Å². The molecule has 1 aliphatic rings. The molecule has 1 aliphatic heterocycles. The molecule has 1 rings (SSSR count). The van der Waals surface area contributed by atoms with Crippen LogP contribution in [0.2, 0.25) is 0 Å². The highest BCUT2D eigenvalue weighted by Crippen LogP contribution is 1.96. The van der Waals surface area contributed by atoms with E-state index in [1.54, 1.807) is 0 Å². The Hall–Kier alpha value is -0.0800. The molecule has 0 aromatic rings. The van der Waals surface area contributed by atoms with Crippen molar-refractivity contribution in [2.24, 2.45) is 0 Å². The smallest absolute Gasteiger partial charge is 0.0192 e. The molecule has 0 radical (unpaired) electrons. The maximum atomic E-state index is 3.50. The lowest BCUT2D eigenvalue weighted by atomic mass is 10.1. The Bertz CT molecular complexity index is 83.0. The first-order chi connectivity index (χ1) is 4.33. The highest BCUT2D eigenvalue weighted by Gasteiger charge is 2.14. The van der Waals surface area contributed by atoms with E-state index in [4.69, 9.17) is 0 Å². The molecule has 2 N–H and O–H groups in total. The van der Waals surface area contributed by atoms with Crippen LogP contribution in [0.5, 0.6) is 0 Å². The van der Waals surface area contributed by atoms with Gasteiger partial charge >= 0.3 is 0 Å². The quantitative estimate of drug-likeness (QED) is 0.532. The normalized spacial score (nSPS) is 36.7. The van der Waals surface area contributed by atoms with E-state index in [9.17, 15) is 0 Å². The molecule has 2 heteroatoms. The Morgan fingerprint density at radius 2 is 2.22 bits per heavy atom. The lowest BCUT2D eigenvalue weighted by molar-refractivity contribution is 0.347. The molecule has 1 saturated heterocycles. The maximum Gasteiger partial charge on any atom is 0.0192 e. The SMILES string of the molecule is CCC1CNCC(C)N1. The second kappa shape index (κ2) is 3.18. The van der Waals surface area contributed by atoms with Crippen LogP contribution in [0.4, 0.5) is 0 Å². The molecule has 2 atom stereocenters. The van der Waals surface area contributed by atoms with Crippen molar-refractivity contribution in [1.82, 2.24) is 10.6 Å². The molecular weight excluding hydrogens is 112 g/mol. The lowest BCUT2D eigenvalue weighted by Crippen LogP contribution is -2.53. The van der Waals surface area contributed by atoms with Gasteiger partial charge in [-0.25, -0.2) is 0 Å². The zero-order valence-corrected chi connectivity index (χ0v) is 6.28. The molecule has 54 valence electrons. The molecule has 0 bridgehead atoms. The molecule has 0 spiro atoms. The molecule has 1 heterocycles. The van der Waals surface area contributed by atoms with Gasteiger partial charge in [0.1, 0.15) is 0 Å². The van der Waals surface area contributed by atoms with E-state index in [2.05, 4.69) is 24.5 Å². The second-order valence-electron chi connectivity index (χ2n) is 2.83. The van der Waals surface area contributed by atoms with E-state index in [-0.39, 0.29) is 0 Å². The van der Waals surface area contributed by atoms with Crippen LogP contribution < -0.4 is 10.6 Å². The predicted octanol–water partition coefficient (Wildman–Crippen LogP) is 0.346. The molecule has 2 unspecified atom stereocenters. The number of nitrogens with one attached hydrogen (secondary N) is 2. The molecule has 0 amide bonds. The Labute approximate surface area is 57.0 Å². The molecule has 0 aliphatic carbocycles. The van der Waals surface area contributed by atoms with Gasteiger partial charge in [0, 0.05) is 25.2 Å². The van der Waals surface area contributed by atoms with E-state index in [1.165, 1.54) is 6.42 Å². The molecule has 9 heavy (non-hydrogen) atoms. The van der Waals surface area contributed by atoms with Crippen molar-refractivity contribution in [3.63, 3.8) is 0 Å². The molecule has 0 aromatic carbocycles. The Morgan fingerprint density at radius 1 is 1.44 bits per heavy atom. The predicted molar refractivity (Wildman–Crippen MR) is 39.5 cm³/mol. The fraction of sp³-hybridized carbons (Fsp3) is 1.00. The summed E-state index contributed by atoms with van der Waals surface area (Å²) in [6, 6.07) is 1.36. The average molecular weight is 128 g/mol. The van der Waals surface area contributed by atoms with Gasteiger partial charge in [0.2, 0.25) is 0 Å². The van der Waals surface area contributed by atoms with Crippen LogP contribution in [0.3, 0.4) is 0 Å². The van der Waals surface area contributed by atoms with Gasteiger partial charge in [-0.15, -0.1) is 0 Å².